The highest BCUT2D eigenvalue weighted by Crippen LogP contribution is 2.13. The minimum absolute atomic E-state index is 0.0926. The van der Waals surface area contributed by atoms with Crippen LogP contribution in [-0.2, 0) is 19.0 Å². The quantitative estimate of drug-likeness (QED) is 0.141. The number of hydrogen-bond acceptors (Lipinski definition) is 5. The first kappa shape index (κ1) is 29.7. The van der Waals surface area contributed by atoms with Gasteiger partial charge in [0, 0.05) is 14.2 Å². The van der Waals surface area contributed by atoms with Crippen LogP contribution in [0.2, 0.25) is 0 Å². The van der Waals surface area contributed by atoms with Gasteiger partial charge in [-0.15, -0.1) is 0 Å². The molecule has 6 heteroatoms. The van der Waals surface area contributed by atoms with E-state index in [1.165, 1.54) is 109 Å². The number of nitrogens with zero attached hydrogens (tertiary/aromatic N) is 1. The molecule has 0 unspecified atom stereocenters. The third-order valence-corrected chi connectivity index (χ3v) is 5.45. The number of rotatable bonds is 22. The SMILES string of the molecule is CCCCCCCCCCCCCCCCCCOC(=O)CN(C)C(=O)OCCOC. The molecule has 0 atom stereocenters. The maximum Gasteiger partial charge on any atom is 0.410 e. The van der Waals surface area contributed by atoms with Gasteiger partial charge in [-0.1, -0.05) is 103 Å². The molecule has 0 saturated carbocycles. The molecule has 1 amide bonds. The van der Waals surface area contributed by atoms with E-state index >= 15 is 0 Å². The summed E-state index contributed by atoms with van der Waals surface area (Å²) in [4.78, 5) is 24.6. The summed E-state index contributed by atoms with van der Waals surface area (Å²) >= 11 is 0. The lowest BCUT2D eigenvalue weighted by Crippen LogP contribution is -2.34. The molecule has 0 N–H and O–H groups in total. The third kappa shape index (κ3) is 21.7. The van der Waals surface area contributed by atoms with E-state index in [9.17, 15) is 9.59 Å². The number of carbonyl (C=O) groups is 2. The zero-order chi connectivity index (χ0) is 23.0. The molecule has 0 aliphatic heterocycles. The van der Waals surface area contributed by atoms with Gasteiger partial charge in [0.25, 0.3) is 0 Å². The molecule has 0 radical (unpaired) electrons. The fraction of sp³-hybridized carbons (Fsp3) is 0.920. The van der Waals surface area contributed by atoms with Crippen molar-refractivity contribution in [3.8, 4) is 0 Å². The van der Waals surface area contributed by atoms with Crippen LogP contribution < -0.4 is 0 Å². The molecule has 31 heavy (non-hydrogen) atoms. The molecule has 0 aliphatic carbocycles. The largest absolute Gasteiger partial charge is 0.464 e. The highest BCUT2D eigenvalue weighted by atomic mass is 16.6. The van der Waals surface area contributed by atoms with Crippen LogP contribution in [0.5, 0.6) is 0 Å². The van der Waals surface area contributed by atoms with Crippen LogP contribution in [-0.4, -0.2) is 57.5 Å². The summed E-state index contributed by atoms with van der Waals surface area (Å²) in [6.45, 7) is 3.11. The van der Waals surface area contributed by atoms with E-state index in [2.05, 4.69) is 6.92 Å². The second kappa shape index (κ2) is 23.4. The summed E-state index contributed by atoms with van der Waals surface area (Å²) in [6, 6.07) is 0. The second-order valence-electron chi connectivity index (χ2n) is 8.49. The van der Waals surface area contributed by atoms with Crippen molar-refractivity contribution in [2.75, 3.05) is 40.5 Å². The molecule has 0 rings (SSSR count). The van der Waals surface area contributed by atoms with Gasteiger partial charge < -0.3 is 19.1 Å². The van der Waals surface area contributed by atoms with E-state index in [-0.39, 0.29) is 13.2 Å². The summed E-state index contributed by atoms with van der Waals surface area (Å²) in [5, 5.41) is 0. The van der Waals surface area contributed by atoms with Crippen molar-refractivity contribution in [3.63, 3.8) is 0 Å². The van der Waals surface area contributed by atoms with Gasteiger partial charge >= 0.3 is 12.1 Å². The average molecular weight is 444 g/mol. The molecule has 6 nitrogen and oxygen atoms in total. The van der Waals surface area contributed by atoms with Crippen LogP contribution in [0.15, 0.2) is 0 Å². The number of unbranched alkanes of at least 4 members (excludes halogenated alkanes) is 15. The maximum atomic E-state index is 11.8. The predicted molar refractivity (Wildman–Crippen MR) is 126 cm³/mol. The molecule has 0 spiro atoms. The van der Waals surface area contributed by atoms with Gasteiger partial charge in [-0.3, -0.25) is 4.79 Å². The molecule has 184 valence electrons. The molecule has 0 bridgehead atoms. The fourth-order valence-corrected chi connectivity index (χ4v) is 3.46. The lowest BCUT2D eigenvalue weighted by atomic mass is 10.0. The van der Waals surface area contributed by atoms with Gasteiger partial charge in [0.05, 0.1) is 13.2 Å². The van der Waals surface area contributed by atoms with Gasteiger partial charge in [-0.05, 0) is 6.42 Å². The van der Waals surface area contributed by atoms with Gasteiger partial charge in [-0.2, -0.15) is 0 Å². The fourth-order valence-electron chi connectivity index (χ4n) is 3.46. The highest BCUT2D eigenvalue weighted by molar-refractivity contribution is 5.77. The van der Waals surface area contributed by atoms with E-state index in [1.54, 1.807) is 0 Å². The minimum atomic E-state index is -0.545. The van der Waals surface area contributed by atoms with E-state index in [4.69, 9.17) is 14.2 Å². The Balaban J connectivity index is 3.31. The van der Waals surface area contributed by atoms with Crippen molar-refractivity contribution in [1.29, 1.82) is 0 Å². The molecular formula is C25H49NO5. The first-order chi connectivity index (χ1) is 15.1. The summed E-state index contributed by atoms with van der Waals surface area (Å²) in [6.07, 6.45) is 20.5. The molecule has 0 saturated heterocycles. The topological polar surface area (TPSA) is 65.1 Å². The summed E-state index contributed by atoms with van der Waals surface area (Å²) < 4.78 is 14.9. The second-order valence-corrected chi connectivity index (χ2v) is 8.49. The van der Waals surface area contributed by atoms with Gasteiger partial charge in [0.1, 0.15) is 13.2 Å². The van der Waals surface area contributed by atoms with E-state index in [1.807, 2.05) is 0 Å². The Bertz CT molecular complexity index is 417. The molecule has 0 aromatic heterocycles. The van der Waals surface area contributed by atoms with E-state index in [0.29, 0.717) is 13.2 Å². The van der Waals surface area contributed by atoms with Crippen molar-refractivity contribution in [2.24, 2.45) is 0 Å². The Morgan fingerprint density at radius 3 is 1.52 bits per heavy atom. The molecule has 0 aliphatic rings. The van der Waals surface area contributed by atoms with Crippen LogP contribution in [0.25, 0.3) is 0 Å². The Labute approximate surface area is 191 Å². The normalized spacial score (nSPS) is 10.8. The molecular weight excluding hydrogens is 394 g/mol. The third-order valence-electron chi connectivity index (χ3n) is 5.45. The number of hydrogen-bond donors (Lipinski definition) is 0. The summed E-state index contributed by atoms with van der Waals surface area (Å²) in [5.74, 6) is -0.396. The van der Waals surface area contributed by atoms with E-state index in [0.717, 1.165) is 12.8 Å². The lowest BCUT2D eigenvalue weighted by molar-refractivity contribution is -0.144. The molecule has 0 aromatic rings. The number of carbonyl (C=O) groups excluding carboxylic acids is 2. The zero-order valence-corrected chi connectivity index (χ0v) is 20.6. The first-order valence-electron chi connectivity index (χ1n) is 12.6. The zero-order valence-electron chi connectivity index (χ0n) is 20.6. The lowest BCUT2D eigenvalue weighted by Gasteiger charge is -2.16. The van der Waals surface area contributed by atoms with Crippen molar-refractivity contribution < 1.29 is 23.8 Å². The van der Waals surface area contributed by atoms with Crippen molar-refractivity contribution >= 4 is 12.1 Å². The van der Waals surface area contributed by atoms with Crippen molar-refractivity contribution in [2.45, 2.75) is 110 Å². The van der Waals surface area contributed by atoms with Crippen molar-refractivity contribution in [3.05, 3.63) is 0 Å². The number of amides is 1. The average Bonchev–Trinajstić information content (AvgIpc) is 2.75. The molecule has 0 heterocycles. The smallest absolute Gasteiger partial charge is 0.410 e. The van der Waals surface area contributed by atoms with Gasteiger partial charge in [0.15, 0.2) is 0 Å². The van der Waals surface area contributed by atoms with Crippen LogP contribution in [0, 0.1) is 0 Å². The maximum absolute atomic E-state index is 11.8. The number of likely N-dealkylation sites (N-methyl/N-ethyl adjacent to an activating group) is 1. The standard InChI is InChI=1S/C25H49NO5/c1-4-5-6-7-8-9-10-11-12-13-14-15-16-17-18-19-20-30-24(27)23-26(2)25(28)31-22-21-29-3/h4-23H2,1-3H3. The van der Waals surface area contributed by atoms with Gasteiger partial charge in [-0.25, -0.2) is 4.79 Å². The summed E-state index contributed by atoms with van der Waals surface area (Å²) in [7, 11) is 3.05. The van der Waals surface area contributed by atoms with Crippen LogP contribution >= 0.6 is 0 Å². The highest BCUT2D eigenvalue weighted by Gasteiger charge is 2.14. The number of methoxy groups -OCH3 is 1. The monoisotopic (exact) mass is 443 g/mol. The predicted octanol–water partition coefficient (Wildman–Crippen LogP) is 6.51. The van der Waals surface area contributed by atoms with Crippen LogP contribution in [0.4, 0.5) is 4.79 Å². The minimum Gasteiger partial charge on any atom is -0.464 e. The van der Waals surface area contributed by atoms with Crippen molar-refractivity contribution in [1.82, 2.24) is 4.90 Å². The number of esters is 1. The Kier molecular flexibility index (Phi) is 22.4. The first-order valence-corrected chi connectivity index (χ1v) is 12.6. The Hall–Kier alpha value is -1.30. The van der Waals surface area contributed by atoms with Crippen LogP contribution in [0.1, 0.15) is 110 Å². The van der Waals surface area contributed by atoms with E-state index < -0.39 is 12.1 Å². The molecule has 0 fully saturated rings. The molecule has 0 aromatic carbocycles. The Morgan fingerprint density at radius 2 is 1.06 bits per heavy atom. The Morgan fingerprint density at radius 1 is 0.613 bits per heavy atom. The van der Waals surface area contributed by atoms with Gasteiger partial charge in [0.2, 0.25) is 0 Å². The van der Waals surface area contributed by atoms with Crippen LogP contribution in [0.3, 0.4) is 0 Å². The number of ether oxygens (including phenoxy) is 3. The summed E-state index contributed by atoms with van der Waals surface area (Å²) in [5.41, 5.74) is 0.